The van der Waals surface area contributed by atoms with Gasteiger partial charge in [0.15, 0.2) is 0 Å². The Labute approximate surface area is 105 Å². The molecule has 18 heavy (non-hydrogen) atoms. The zero-order valence-electron chi connectivity index (χ0n) is 10.3. The standard InChI is InChI=1S/C14H17F3O/c1-2-9-7-11(10-5-3-4-6-10)8-12(13(9)18)14(15,16)17/h7-8,10,18H,2-6H2,1H3. The molecule has 4 heteroatoms. The quantitative estimate of drug-likeness (QED) is 0.819. The topological polar surface area (TPSA) is 20.2 Å². The number of benzene rings is 1. The van der Waals surface area contributed by atoms with E-state index >= 15 is 0 Å². The monoisotopic (exact) mass is 258 g/mol. The van der Waals surface area contributed by atoms with Gasteiger partial charge >= 0.3 is 6.18 Å². The largest absolute Gasteiger partial charge is 0.507 e. The summed E-state index contributed by atoms with van der Waals surface area (Å²) in [7, 11) is 0. The molecular weight excluding hydrogens is 241 g/mol. The Kier molecular flexibility index (Phi) is 3.55. The first-order chi connectivity index (χ1) is 8.43. The van der Waals surface area contributed by atoms with E-state index in [0.29, 0.717) is 12.0 Å². The number of aromatic hydroxyl groups is 1. The summed E-state index contributed by atoms with van der Waals surface area (Å²) in [5.74, 6) is -0.385. The molecule has 1 aromatic rings. The molecule has 0 spiro atoms. The van der Waals surface area contributed by atoms with Gasteiger partial charge < -0.3 is 5.11 Å². The summed E-state index contributed by atoms with van der Waals surface area (Å²) >= 11 is 0. The molecule has 1 nitrogen and oxygen atoms in total. The fourth-order valence-corrected chi connectivity index (χ4v) is 2.70. The zero-order chi connectivity index (χ0) is 13.3. The lowest BCUT2D eigenvalue weighted by molar-refractivity contribution is -0.138. The maximum absolute atomic E-state index is 12.9. The van der Waals surface area contributed by atoms with Gasteiger partial charge in [-0.1, -0.05) is 25.8 Å². The van der Waals surface area contributed by atoms with Crippen LogP contribution in [-0.2, 0) is 12.6 Å². The van der Waals surface area contributed by atoms with Crippen LogP contribution in [0.25, 0.3) is 0 Å². The summed E-state index contributed by atoms with van der Waals surface area (Å²) in [6, 6.07) is 2.87. The molecule has 2 rings (SSSR count). The fraction of sp³-hybridized carbons (Fsp3) is 0.571. The molecule has 0 unspecified atom stereocenters. The van der Waals surface area contributed by atoms with E-state index in [9.17, 15) is 18.3 Å². The van der Waals surface area contributed by atoms with Gasteiger partial charge in [-0.15, -0.1) is 0 Å². The molecule has 0 aromatic heterocycles. The van der Waals surface area contributed by atoms with Gasteiger partial charge in [0, 0.05) is 0 Å². The van der Waals surface area contributed by atoms with Gasteiger partial charge in [0.1, 0.15) is 5.75 Å². The van der Waals surface area contributed by atoms with Crippen molar-refractivity contribution in [3.05, 3.63) is 28.8 Å². The van der Waals surface area contributed by atoms with Crippen LogP contribution in [0.3, 0.4) is 0 Å². The summed E-state index contributed by atoms with van der Waals surface area (Å²) < 4.78 is 38.6. The van der Waals surface area contributed by atoms with Gasteiger partial charge in [0.05, 0.1) is 5.56 Å². The van der Waals surface area contributed by atoms with E-state index < -0.39 is 17.5 Å². The molecule has 1 aliphatic rings. The smallest absolute Gasteiger partial charge is 0.419 e. The second kappa shape index (κ2) is 4.82. The van der Waals surface area contributed by atoms with Crippen molar-refractivity contribution in [3.8, 4) is 5.75 Å². The number of aryl methyl sites for hydroxylation is 1. The van der Waals surface area contributed by atoms with Gasteiger partial charge in [-0.25, -0.2) is 0 Å². The molecule has 0 amide bonds. The minimum Gasteiger partial charge on any atom is -0.507 e. The highest BCUT2D eigenvalue weighted by Gasteiger charge is 2.36. The van der Waals surface area contributed by atoms with Crippen molar-refractivity contribution < 1.29 is 18.3 Å². The molecule has 0 bridgehead atoms. The van der Waals surface area contributed by atoms with E-state index in [0.717, 1.165) is 37.3 Å². The number of halogens is 3. The van der Waals surface area contributed by atoms with Crippen LogP contribution in [0.15, 0.2) is 12.1 Å². The second-order valence-corrected chi connectivity index (χ2v) is 4.91. The first kappa shape index (κ1) is 13.2. The number of rotatable bonds is 2. The summed E-state index contributed by atoms with van der Waals surface area (Å²) in [5, 5.41) is 9.67. The van der Waals surface area contributed by atoms with Crippen molar-refractivity contribution >= 4 is 0 Å². The van der Waals surface area contributed by atoms with Crippen LogP contribution in [-0.4, -0.2) is 5.11 Å². The van der Waals surface area contributed by atoms with E-state index in [-0.39, 0.29) is 5.92 Å². The SMILES string of the molecule is CCc1cc(C2CCCC2)cc(C(F)(F)F)c1O. The van der Waals surface area contributed by atoms with Crippen LogP contribution in [0, 0.1) is 0 Å². The van der Waals surface area contributed by atoms with Crippen LogP contribution in [0.4, 0.5) is 13.2 Å². The molecule has 1 aliphatic carbocycles. The number of hydrogen-bond donors (Lipinski definition) is 1. The number of hydrogen-bond acceptors (Lipinski definition) is 1. The minimum absolute atomic E-state index is 0.219. The lowest BCUT2D eigenvalue weighted by Crippen LogP contribution is -2.08. The predicted molar refractivity (Wildman–Crippen MR) is 63.7 cm³/mol. The average molecular weight is 258 g/mol. The zero-order valence-corrected chi connectivity index (χ0v) is 10.3. The first-order valence-corrected chi connectivity index (χ1v) is 6.36. The highest BCUT2D eigenvalue weighted by Crippen LogP contribution is 2.42. The minimum atomic E-state index is -4.48. The van der Waals surface area contributed by atoms with Crippen molar-refractivity contribution in [1.82, 2.24) is 0 Å². The highest BCUT2D eigenvalue weighted by atomic mass is 19.4. The maximum Gasteiger partial charge on any atom is 0.419 e. The van der Waals surface area contributed by atoms with E-state index in [4.69, 9.17) is 0 Å². The van der Waals surface area contributed by atoms with Crippen molar-refractivity contribution in [2.75, 3.05) is 0 Å². The Hall–Kier alpha value is -1.19. The molecule has 1 fully saturated rings. The summed E-state index contributed by atoms with van der Waals surface area (Å²) in [4.78, 5) is 0. The van der Waals surface area contributed by atoms with Gasteiger partial charge in [-0.05, 0) is 42.4 Å². The van der Waals surface area contributed by atoms with Crippen molar-refractivity contribution in [3.63, 3.8) is 0 Å². The number of phenolic OH excluding ortho intramolecular Hbond substituents is 1. The summed E-state index contributed by atoms with van der Waals surface area (Å²) in [6.45, 7) is 1.76. The third-order valence-corrected chi connectivity index (χ3v) is 3.72. The lowest BCUT2D eigenvalue weighted by atomic mass is 9.92. The third-order valence-electron chi connectivity index (χ3n) is 3.72. The van der Waals surface area contributed by atoms with Crippen molar-refractivity contribution in [2.45, 2.75) is 51.1 Å². The fourth-order valence-electron chi connectivity index (χ4n) is 2.70. The normalized spacial score (nSPS) is 17.3. The number of phenols is 1. The molecule has 1 aromatic carbocycles. The molecule has 0 heterocycles. The van der Waals surface area contributed by atoms with Crippen LogP contribution < -0.4 is 0 Å². The molecule has 100 valence electrons. The Morgan fingerprint density at radius 3 is 2.33 bits per heavy atom. The molecular formula is C14H17F3O. The van der Waals surface area contributed by atoms with Gasteiger partial charge in [-0.2, -0.15) is 13.2 Å². The van der Waals surface area contributed by atoms with Crippen LogP contribution in [0.1, 0.15) is 55.2 Å². The second-order valence-electron chi connectivity index (χ2n) is 4.91. The predicted octanol–water partition coefficient (Wildman–Crippen LogP) is 4.63. The molecule has 0 aliphatic heterocycles. The molecule has 0 atom stereocenters. The Morgan fingerprint density at radius 2 is 1.83 bits per heavy atom. The van der Waals surface area contributed by atoms with E-state index in [2.05, 4.69) is 0 Å². The van der Waals surface area contributed by atoms with Crippen molar-refractivity contribution in [2.24, 2.45) is 0 Å². The third kappa shape index (κ3) is 2.47. The van der Waals surface area contributed by atoms with E-state index in [1.807, 2.05) is 0 Å². The van der Waals surface area contributed by atoms with E-state index in [1.54, 1.807) is 13.0 Å². The van der Waals surface area contributed by atoms with Crippen molar-refractivity contribution in [1.29, 1.82) is 0 Å². The molecule has 0 radical (unpaired) electrons. The average Bonchev–Trinajstić information content (AvgIpc) is 2.81. The maximum atomic E-state index is 12.9. The molecule has 0 saturated heterocycles. The molecule has 1 saturated carbocycles. The van der Waals surface area contributed by atoms with E-state index in [1.165, 1.54) is 0 Å². The molecule has 1 N–H and O–H groups in total. The summed E-state index contributed by atoms with van der Waals surface area (Å²) in [6.07, 6.45) is -0.0166. The van der Waals surface area contributed by atoms with Gasteiger partial charge in [-0.3, -0.25) is 0 Å². The first-order valence-electron chi connectivity index (χ1n) is 6.36. The summed E-state index contributed by atoms with van der Waals surface area (Å²) in [5.41, 5.74) is 0.241. The van der Waals surface area contributed by atoms with Gasteiger partial charge in [0.25, 0.3) is 0 Å². The van der Waals surface area contributed by atoms with Crippen LogP contribution in [0.2, 0.25) is 0 Å². The Bertz CT molecular complexity index is 431. The number of alkyl halides is 3. The highest BCUT2D eigenvalue weighted by molar-refractivity contribution is 5.46. The van der Waals surface area contributed by atoms with Crippen LogP contribution >= 0.6 is 0 Å². The van der Waals surface area contributed by atoms with Crippen LogP contribution in [0.5, 0.6) is 5.75 Å². The Balaban J connectivity index is 2.48. The Morgan fingerprint density at radius 1 is 1.22 bits per heavy atom. The van der Waals surface area contributed by atoms with Gasteiger partial charge in [0.2, 0.25) is 0 Å². The lowest BCUT2D eigenvalue weighted by Gasteiger charge is -2.17.